The summed E-state index contributed by atoms with van der Waals surface area (Å²) >= 11 is 0. The molecule has 0 fully saturated rings. The molecular formula is C17H17F3N2O. The van der Waals surface area contributed by atoms with Gasteiger partial charge < -0.3 is 4.90 Å². The number of carbonyl (C=O) groups is 1. The molecule has 0 unspecified atom stereocenters. The smallest absolute Gasteiger partial charge is 0.339 e. The fourth-order valence-corrected chi connectivity index (χ4v) is 2.20. The number of carbonyl (C=O) groups excluding carboxylic acids is 1. The predicted octanol–water partition coefficient (Wildman–Crippen LogP) is 3.81. The van der Waals surface area contributed by atoms with Gasteiger partial charge >= 0.3 is 6.18 Å². The number of rotatable bonds is 5. The lowest BCUT2D eigenvalue weighted by molar-refractivity contribution is -0.137. The Morgan fingerprint density at radius 2 is 1.70 bits per heavy atom. The first-order valence-electron chi connectivity index (χ1n) is 7.27. The molecule has 0 aliphatic carbocycles. The van der Waals surface area contributed by atoms with Crippen LogP contribution in [0.5, 0.6) is 0 Å². The van der Waals surface area contributed by atoms with Crippen molar-refractivity contribution in [3.05, 3.63) is 65.5 Å². The van der Waals surface area contributed by atoms with Crippen LogP contribution >= 0.6 is 0 Å². The van der Waals surface area contributed by atoms with Crippen molar-refractivity contribution in [1.82, 2.24) is 9.88 Å². The van der Waals surface area contributed by atoms with Gasteiger partial charge in [0.05, 0.1) is 5.56 Å². The lowest BCUT2D eigenvalue weighted by Crippen LogP contribution is -2.32. The average molecular weight is 322 g/mol. The topological polar surface area (TPSA) is 33.2 Å². The van der Waals surface area contributed by atoms with Gasteiger partial charge in [-0.1, -0.05) is 0 Å². The van der Waals surface area contributed by atoms with Gasteiger partial charge in [-0.05, 0) is 55.3 Å². The highest BCUT2D eigenvalue weighted by atomic mass is 19.4. The number of hydrogen-bond donors (Lipinski definition) is 0. The largest absolute Gasteiger partial charge is 0.416 e. The van der Waals surface area contributed by atoms with Crippen molar-refractivity contribution < 1.29 is 18.0 Å². The lowest BCUT2D eigenvalue weighted by atomic mass is 10.1. The van der Waals surface area contributed by atoms with Crippen LogP contribution in [-0.2, 0) is 12.6 Å². The van der Waals surface area contributed by atoms with E-state index >= 15 is 0 Å². The summed E-state index contributed by atoms with van der Waals surface area (Å²) in [6.45, 7) is 2.83. The minimum atomic E-state index is -4.40. The molecule has 0 saturated heterocycles. The molecule has 1 heterocycles. The van der Waals surface area contributed by atoms with Crippen molar-refractivity contribution in [2.45, 2.75) is 19.5 Å². The van der Waals surface area contributed by atoms with Gasteiger partial charge in [-0.2, -0.15) is 13.2 Å². The summed E-state index contributed by atoms with van der Waals surface area (Å²) in [5.74, 6) is -0.268. The minimum absolute atomic E-state index is 0.259. The minimum Gasteiger partial charge on any atom is -0.339 e. The summed E-state index contributed by atoms with van der Waals surface area (Å²) in [6, 6.07) is 8.06. The quantitative estimate of drug-likeness (QED) is 0.839. The number of likely N-dealkylation sites (N-methyl/N-ethyl adjacent to an activating group) is 1. The van der Waals surface area contributed by atoms with Crippen molar-refractivity contribution in [3.63, 3.8) is 0 Å². The van der Waals surface area contributed by atoms with Crippen molar-refractivity contribution in [2.75, 3.05) is 13.1 Å². The number of aromatic nitrogens is 1. The van der Waals surface area contributed by atoms with Crippen molar-refractivity contribution in [2.24, 2.45) is 0 Å². The van der Waals surface area contributed by atoms with Crippen LogP contribution in [0.25, 0.3) is 0 Å². The molecule has 6 heteroatoms. The van der Waals surface area contributed by atoms with Gasteiger partial charge in [-0.3, -0.25) is 9.78 Å². The molecule has 0 atom stereocenters. The second kappa shape index (κ2) is 7.26. The first-order valence-corrected chi connectivity index (χ1v) is 7.27. The van der Waals surface area contributed by atoms with E-state index in [9.17, 15) is 18.0 Å². The highest BCUT2D eigenvalue weighted by Crippen LogP contribution is 2.29. The molecule has 0 spiro atoms. The average Bonchev–Trinajstić information content (AvgIpc) is 2.55. The van der Waals surface area contributed by atoms with Crippen molar-refractivity contribution >= 4 is 5.91 Å². The fourth-order valence-electron chi connectivity index (χ4n) is 2.20. The molecule has 1 aromatic heterocycles. The van der Waals surface area contributed by atoms with Crippen LogP contribution < -0.4 is 0 Å². The number of benzene rings is 1. The van der Waals surface area contributed by atoms with Crippen LogP contribution in [-0.4, -0.2) is 28.9 Å². The fraction of sp³-hybridized carbons (Fsp3) is 0.294. The molecule has 0 radical (unpaired) electrons. The van der Waals surface area contributed by atoms with E-state index in [1.807, 2.05) is 19.1 Å². The molecule has 2 rings (SSSR count). The van der Waals surface area contributed by atoms with Gasteiger partial charge in [0.15, 0.2) is 0 Å². The molecule has 0 aliphatic heterocycles. The van der Waals surface area contributed by atoms with E-state index < -0.39 is 11.7 Å². The molecule has 0 N–H and O–H groups in total. The van der Waals surface area contributed by atoms with E-state index in [4.69, 9.17) is 0 Å². The summed E-state index contributed by atoms with van der Waals surface area (Å²) in [6.07, 6.45) is -0.358. The van der Waals surface area contributed by atoms with Gasteiger partial charge in [0.25, 0.3) is 5.91 Å². The van der Waals surface area contributed by atoms with E-state index in [2.05, 4.69) is 4.98 Å². The molecule has 3 nitrogen and oxygen atoms in total. The first kappa shape index (κ1) is 17.0. The van der Waals surface area contributed by atoms with E-state index in [1.165, 1.54) is 12.1 Å². The number of pyridine rings is 1. The summed E-state index contributed by atoms with van der Waals surface area (Å²) in [5, 5.41) is 0. The molecule has 23 heavy (non-hydrogen) atoms. The van der Waals surface area contributed by atoms with E-state index in [0.29, 0.717) is 19.5 Å². The summed E-state index contributed by atoms with van der Waals surface area (Å²) < 4.78 is 37.7. The number of halogens is 3. The van der Waals surface area contributed by atoms with E-state index in [0.717, 1.165) is 17.7 Å². The molecule has 1 aromatic carbocycles. The van der Waals surface area contributed by atoms with Crippen LogP contribution in [0.2, 0.25) is 0 Å². The highest BCUT2D eigenvalue weighted by molar-refractivity contribution is 5.94. The van der Waals surface area contributed by atoms with Gasteiger partial charge in [0.1, 0.15) is 0 Å². The van der Waals surface area contributed by atoms with Crippen molar-refractivity contribution in [3.8, 4) is 0 Å². The Morgan fingerprint density at radius 3 is 2.22 bits per heavy atom. The number of nitrogens with zero attached hydrogens (tertiary/aromatic N) is 2. The van der Waals surface area contributed by atoms with Gasteiger partial charge in [0.2, 0.25) is 0 Å². The van der Waals surface area contributed by atoms with E-state index in [-0.39, 0.29) is 11.5 Å². The normalized spacial score (nSPS) is 11.3. The molecule has 0 saturated carbocycles. The van der Waals surface area contributed by atoms with E-state index in [1.54, 1.807) is 17.3 Å². The Kier molecular flexibility index (Phi) is 5.36. The third-order valence-corrected chi connectivity index (χ3v) is 3.55. The lowest BCUT2D eigenvalue weighted by Gasteiger charge is -2.21. The zero-order valence-electron chi connectivity index (χ0n) is 12.7. The number of amides is 1. The van der Waals surface area contributed by atoms with Gasteiger partial charge in [0, 0.05) is 31.0 Å². The Morgan fingerprint density at radius 1 is 1.09 bits per heavy atom. The summed E-state index contributed by atoms with van der Waals surface area (Å²) in [7, 11) is 0. The van der Waals surface area contributed by atoms with Crippen LogP contribution in [0.1, 0.15) is 28.4 Å². The number of alkyl halides is 3. The molecule has 2 aromatic rings. The second-order valence-corrected chi connectivity index (χ2v) is 5.07. The standard InChI is InChI=1S/C17H17F3N2O/c1-2-22(12-9-13-7-10-21-11-8-13)16(23)14-3-5-15(6-4-14)17(18,19)20/h3-8,10-11H,2,9,12H2,1H3. The third-order valence-electron chi connectivity index (χ3n) is 3.55. The predicted molar refractivity (Wildman–Crippen MR) is 81.0 cm³/mol. The maximum atomic E-state index is 12.6. The first-order chi connectivity index (χ1) is 10.9. The van der Waals surface area contributed by atoms with Crippen LogP contribution in [0.4, 0.5) is 13.2 Å². The molecule has 1 amide bonds. The molecule has 0 aliphatic rings. The molecule has 122 valence electrons. The summed E-state index contributed by atoms with van der Waals surface area (Å²) in [5.41, 5.74) is 0.558. The number of hydrogen-bond acceptors (Lipinski definition) is 2. The zero-order chi connectivity index (χ0) is 16.9. The molecule has 0 bridgehead atoms. The zero-order valence-corrected chi connectivity index (χ0v) is 12.7. The van der Waals surface area contributed by atoms with Crippen LogP contribution in [0, 0.1) is 0 Å². The van der Waals surface area contributed by atoms with Crippen LogP contribution in [0.3, 0.4) is 0 Å². The van der Waals surface area contributed by atoms with Crippen molar-refractivity contribution in [1.29, 1.82) is 0 Å². The summed E-state index contributed by atoms with van der Waals surface area (Å²) in [4.78, 5) is 17.9. The van der Waals surface area contributed by atoms with Gasteiger partial charge in [-0.15, -0.1) is 0 Å². The molecular weight excluding hydrogens is 305 g/mol. The SMILES string of the molecule is CCN(CCc1ccncc1)C(=O)c1ccc(C(F)(F)F)cc1. The maximum absolute atomic E-state index is 12.6. The highest BCUT2D eigenvalue weighted by Gasteiger charge is 2.30. The third kappa shape index (κ3) is 4.55. The maximum Gasteiger partial charge on any atom is 0.416 e. The Hall–Kier alpha value is -2.37. The van der Waals surface area contributed by atoms with Crippen LogP contribution in [0.15, 0.2) is 48.8 Å². The monoisotopic (exact) mass is 322 g/mol. The Labute approximate surface area is 132 Å². The second-order valence-electron chi connectivity index (χ2n) is 5.07. The van der Waals surface area contributed by atoms with Gasteiger partial charge in [-0.25, -0.2) is 0 Å². The Balaban J connectivity index is 2.04. The Bertz CT molecular complexity index is 639.